The van der Waals surface area contributed by atoms with Crippen LogP contribution in [0.2, 0.25) is 0 Å². The predicted octanol–water partition coefficient (Wildman–Crippen LogP) is 6.83. The van der Waals surface area contributed by atoms with Crippen LogP contribution in [-0.2, 0) is 17.1 Å². The van der Waals surface area contributed by atoms with Gasteiger partial charge in [0.25, 0.3) is 5.92 Å². The van der Waals surface area contributed by atoms with E-state index >= 15 is 0 Å². The number of nitrogens with zero attached hydrogens (tertiary/aromatic N) is 1. The predicted molar refractivity (Wildman–Crippen MR) is 121 cm³/mol. The molecule has 0 bridgehead atoms. The highest BCUT2D eigenvalue weighted by Gasteiger charge is 2.37. The molecule has 166 valence electrons. The molecule has 1 saturated carbocycles. The topological polar surface area (TPSA) is 20.3 Å². The van der Waals surface area contributed by atoms with E-state index in [9.17, 15) is 13.6 Å². The molecule has 0 N–H and O–H groups in total. The largest absolute Gasteiger partial charge is 0.339 e. The van der Waals surface area contributed by atoms with Gasteiger partial charge < -0.3 is 4.90 Å². The van der Waals surface area contributed by atoms with Crippen molar-refractivity contribution in [2.24, 2.45) is 11.8 Å². The van der Waals surface area contributed by atoms with Gasteiger partial charge in [0.1, 0.15) is 0 Å². The lowest BCUT2D eigenvalue weighted by Gasteiger charge is -2.27. The van der Waals surface area contributed by atoms with Gasteiger partial charge in [0, 0.05) is 25.1 Å². The summed E-state index contributed by atoms with van der Waals surface area (Å²) < 4.78 is 28.5. The number of carbonyl (C=O) groups is 1. The van der Waals surface area contributed by atoms with E-state index < -0.39 is 5.92 Å². The molecule has 0 radical (unpaired) electrons. The summed E-state index contributed by atoms with van der Waals surface area (Å²) in [5.74, 6) is -1.46. The summed E-state index contributed by atoms with van der Waals surface area (Å²) in [5.41, 5.74) is 2.06. The number of halogens is 2. The first-order valence-corrected chi connectivity index (χ1v) is 11.7. The summed E-state index contributed by atoms with van der Waals surface area (Å²) in [6.45, 7) is 3.93. The van der Waals surface area contributed by atoms with Crippen molar-refractivity contribution in [2.75, 3.05) is 6.54 Å². The Hall–Kier alpha value is -2.23. The van der Waals surface area contributed by atoms with E-state index in [-0.39, 0.29) is 23.9 Å². The Morgan fingerprint density at radius 2 is 1.74 bits per heavy atom. The summed E-state index contributed by atoms with van der Waals surface area (Å²) in [6.07, 6.45) is 7.93. The van der Waals surface area contributed by atoms with Gasteiger partial charge in [-0.05, 0) is 41.9 Å². The van der Waals surface area contributed by atoms with Crippen molar-refractivity contribution < 1.29 is 13.6 Å². The molecule has 2 aliphatic rings. The molecule has 2 atom stereocenters. The van der Waals surface area contributed by atoms with Crippen LogP contribution >= 0.6 is 0 Å². The molecule has 0 aromatic heterocycles. The molecular formula is C27H33F2NO. The third-order valence-electron chi connectivity index (χ3n) is 7.24. The fourth-order valence-corrected chi connectivity index (χ4v) is 5.58. The lowest BCUT2D eigenvalue weighted by molar-refractivity contribution is -0.131. The lowest BCUT2D eigenvalue weighted by atomic mass is 9.79. The zero-order chi connectivity index (χ0) is 22.0. The van der Waals surface area contributed by atoms with Gasteiger partial charge in [0.15, 0.2) is 0 Å². The molecule has 1 aliphatic carbocycles. The molecule has 1 heterocycles. The van der Waals surface area contributed by atoms with Crippen molar-refractivity contribution >= 4 is 5.91 Å². The van der Waals surface area contributed by atoms with Crippen LogP contribution in [0, 0.1) is 11.8 Å². The smallest absolute Gasteiger partial charge is 0.271 e. The van der Waals surface area contributed by atoms with E-state index in [2.05, 4.69) is 6.92 Å². The van der Waals surface area contributed by atoms with Gasteiger partial charge in [-0.15, -0.1) is 0 Å². The van der Waals surface area contributed by atoms with Crippen molar-refractivity contribution in [3.63, 3.8) is 0 Å². The second kappa shape index (κ2) is 9.10. The van der Waals surface area contributed by atoms with E-state index in [0.29, 0.717) is 11.5 Å². The minimum atomic E-state index is -2.94. The number of hydrogen-bond donors (Lipinski definition) is 0. The normalized spacial score (nSPS) is 22.6. The second-order valence-electron chi connectivity index (χ2n) is 9.60. The molecule has 0 spiro atoms. The molecule has 2 unspecified atom stereocenters. The average molecular weight is 426 g/mol. The number of amides is 1. The Morgan fingerprint density at radius 1 is 1.03 bits per heavy atom. The second-order valence-corrected chi connectivity index (χ2v) is 9.60. The zero-order valence-electron chi connectivity index (χ0n) is 18.6. The fraction of sp³-hybridized carbons (Fsp3) is 0.519. The first kappa shape index (κ1) is 22.0. The number of hydrogen-bond acceptors (Lipinski definition) is 1. The highest BCUT2D eigenvalue weighted by atomic mass is 19.3. The highest BCUT2D eigenvalue weighted by Crippen LogP contribution is 2.38. The first-order valence-electron chi connectivity index (χ1n) is 11.7. The van der Waals surface area contributed by atoms with E-state index in [0.717, 1.165) is 36.9 Å². The van der Waals surface area contributed by atoms with Crippen molar-refractivity contribution in [3.05, 3.63) is 59.7 Å². The molecule has 2 aromatic rings. The van der Waals surface area contributed by atoms with Gasteiger partial charge in [-0.2, -0.15) is 0 Å². The Balaban J connectivity index is 1.52. The quantitative estimate of drug-likeness (QED) is 0.514. The van der Waals surface area contributed by atoms with E-state index in [1.54, 1.807) is 12.1 Å². The average Bonchev–Trinajstić information content (AvgIpc) is 3.16. The molecular weight excluding hydrogens is 392 g/mol. The molecule has 2 aromatic carbocycles. The van der Waals surface area contributed by atoms with Gasteiger partial charge in [0.2, 0.25) is 5.91 Å². The Kier molecular flexibility index (Phi) is 6.45. The number of likely N-dealkylation sites (tertiary alicyclic amines) is 1. The van der Waals surface area contributed by atoms with Crippen LogP contribution < -0.4 is 0 Å². The molecule has 31 heavy (non-hydrogen) atoms. The summed E-state index contributed by atoms with van der Waals surface area (Å²) in [4.78, 5) is 15.2. The summed E-state index contributed by atoms with van der Waals surface area (Å²) in [5, 5.41) is 0. The third-order valence-corrected chi connectivity index (χ3v) is 7.24. The fourth-order valence-electron chi connectivity index (χ4n) is 5.58. The molecule has 2 nitrogen and oxygen atoms in total. The maximum absolute atomic E-state index is 14.2. The number of alkyl halides is 2. The molecule has 4 rings (SSSR count). The number of rotatable bonds is 5. The molecule has 1 amide bonds. The van der Waals surface area contributed by atoms with Gasteiger partial charge in [-0.3, -0.25) is 4.79 Å². The zero-order valence-corrected chi connectivity index (χ0v) is 18.6. The van der Waals surface area contributed by atoms with Crippen molar-refractivity contribution in [1.82, 2.24) is 4.90 Å². The maximum atomic E-state index is 14.2. The third kappa shape index (κ3) is 4.99. The van der Waals surface area contributed by atoms with E-state index in [1.165, 1.54) is 38.2 Å². The minimum Gasteiger partial charge on any atom is -0.339 e. The van der Waals surface area contributed by atoms with Gasteiger partial charge in [-0.25, -0.2) is 8.78 Å². The molecule has 1 saturated heterocycles. The van der Waals surface area contributed by atoms with Gasteiger partial charge in [0.05, 0.1) is 6.42 Å². The van der Waals surface area contributed by atoms with Crippen LogP contribution in [0.3, 0.4) is 0 Å². The number of benzene rings is 2. The Bertz CT molecular complexity index is 899. The first-order chi connectivity index (χ1) is 14.8. The van der Waals surface area contributed by atoms with Crippen LogP contribution in [-0.4, -0.2) is 23.4 Å². The minimum absolute atomic E-state index is 0.00167. The van der Waals surface area contributed by atoms with Crippen LogP contribution in [0.5, 0.6) is 0 Å². The monoisotopic (exact) mass is 425 g/mol. The van der Waals surface area contributed by atoms with Crippen LogP contribution in [0.1, 0.15) is 63.5 Å². The Morgan fingerprint density at radius 3 is 2.42 bits per heavy atom. The maximum Gasteiger partial charge on any atom is 0.271 e. The summed E-state index contributed by atoms with van der Waals surface area (Å²) in [7, 11) is 0. The Labute approximate surface area is 184 Å². The lowest BCUT2D eigenvalue weighted by Crippen LogP contribution is -2.35. The van der Waals surface area contributed by atoms with Crippen LogP contribution in [0.4, 0.5) is 8.78 Å². The van der Waals surface area contributed by atoms with Gasteiger partial charge >= 0.3 is 0 Å². The summed E-state index contributed by atoms with van der Waals surface area (Å²) >= 11 is 0. The SMILES string of the molecule is CC1CC(C2CCCCC2)CN1C(=O)Cc1ccc(C(C)(F)F)c(-c2ccccc2)c1. The summed E-state index contributed by atoms with van der Waals surface area (Å²) in [6, 6.07) is 14.5. The van der Waals surface area contributed by atoms with Gasteiger partial charge in [-0.1, -0.05) is 80.6 Å². The highest BCUT2D eigenvalue weighted by molar-refractivity contribution is 5.80. The van der Waals surface area contributed by atoms with E-state index in [4.69, 9.17) is 0 Å². The van der Waals surface area contributed by atoms with Crippen molar-refractivity contribution in [3.8, 4) is 11.1 Å². The number of carbonyl (C=O) groups excluding carboxylic acids is 1. The van der Waals surface area contributed by atoms with Crippen molar-refractivity contribution in [2.45, 2.75) is 70.8 Å². The molecule has 1 aliphatic heterocycles. The molecule has 2 fully saturated rings. The van der Waals surface area contributed by atoms with Crippen LogP contribution in [0.15, 0.2) is 48.5 Å². The van der Waals surface area contributed by atoms with Crippen LogP contribution in [0.25, 0.3) is 11.1 Å². The standard InChI is InChI=1S/C27H33F2NO/c1-19-15-23(21-9-5-3-6-10-21)18-30(19)26(31)17-20-13-14-25(27(2,28)29)24(16-20)22-11-7-4-8-12-22/h4,7-8,11-14,16,19,21,23H,3,5-6,9-10,15,17-18H2,1-2H3. The van der Waals surface area contributed by atoms with Crippen molar-refractivity contribution in [1.29, 1.82) is 0 Å². The molecule has 4 heteroatoms. The van der Waals surface area contributed by atoms with E-state index in [1.807, 2.05) is 35.2 Å².